The van der Waals surface area contributed by atoms with Crippen LogP contribution in [0.2, 0.25) is 0 Å². The maximum absolute atomic E-state index is 6.48. The monoisotopic (exact) mass is 748 g/mol. The van der Waals surface area contributed by atoms with Crippen molar-refractivity contribution in [1.29, 1.82) is 0 Å². The molecule has 0 unspecified atom stereocenters. The predicted octanol–water partition coefficient (Wildman–Crippen LogP) is 16.5. The van der Waals surface area contributed by atoms with Gasteiger partial charge in [-0.2, -0.15) is 0 Å². The molecule has 0 bridgehead atoms. The lowest BCUT2D eigenvalue weighted by atomic mass is 9.84. The fourth-order valence-corrected chi connectivity index (χ4v) is 9.37. The van der Waals surface area contributed by atoms with E-state index < -0.39 is 0 Å². The summed E-state index contributed by atoms with van der Waals surface area (Å²) >= 11 is 0. The van der Waals surface area contributed by atoms with Crippen LogP contribution in [0.25, 0.3) is 121 Å². The summed E-state index contributed by atoms with van der Waals surface area (Å²) in [4.78, 5) is 0. The summed E-state index contributed by atoms with van der Waals surface area (Å²) < 4.78 is 6.48. The Bertz CT molecular complexity index is 3530. The summed E-state index contributed by atoms with van der Waals surface area (Å²) in [7, 11) is 0. The van der Waals surface area contributed by atoms with Gasteiger partial charge in [-0.05, 0) is 135 Å². The number of furan rings is 1. The Balaban J connectivity index is 0.903. The molecule has 0 saturated carbocycles. The van der Waals surface area contributed by atoms with E-state index in [0.717, 1.165) is 27.5 Å². The molecule has 0 aliphatic heterocycles. The second kappa shape index (κ2) is 13.4. The Kier molecular flexibility index (Phi) is 7.61. The first-order valence-corrected chi connectivity index (χ1v) is 20.3. The van der Waals surface area contributed by atoms with E-state index in [1.807, 2.05) is 0 Å². The van der Waals surface area contributed by atoms with Crippen molar-refractivity contribution in [3.8, 4) is 55.6 Å². The van der Waals surface area contributed by atoms with Gasteiger partial charge in [0.15, 0.2) is 0 Å². The van der Waals surface area contributed by atoms with Crippen LogP contribution < -0.4 is 0 Å². The van der Waals surface area contributed by atoms with Gasteiger partial charge in [-0.25, -0.2) is 0 Å². The minimum atomic E-state index is 0.897. The van der Waals surface area contributed by atoms with Crippen molar-refractivity contribution in [1.82, 2.24) is 0 Å². The Morgan fingerprint density at radius 3 is 1.42 bits per heavy atom. The van der Waals surface area contributed by atoms with E-state index >= 15 is 0 Å². The van der Waals surface area contributed by atoms with E-state index in [4.69, 9.17) is 4.42 Å². The van der Waals surface area contributed by atoms with Gasteiger partial charge in [0.2, 0.25) is 0 Å². The highest BCUT2D eigenvalue weighted by Crippen LogP contribution is 2.46. The largest absolute Gasteiger partial charge is 0.456 e. The molecule has 0 N–H and O–H groups in total. The van der Waals surface area contributed by atoms with Crippen LogP contribution >= 0.6 is 0 Å². The maximum atomic E-state index is 6.48. The van der Waals surface area contributed by atoms with E-state index in [-0.39, 0.29) is 0 Å². The molecule has 1 heteroatoms. The van der Waals surface area contributed by atoms with Gasteiger partial charge in [0.25, 0.3) is 0 Å². The molecule has 0 atom stereocenters. The molecule has 0 aliphatic rings. The van der Waals surface area contributed by atoms with Crippen molar-refractivity contribution in [2.75, 3.05) is 0 Å². The van der Waals surface area contributed by atoms with E-state index in [1.54, 1.807) is 0 Å². The number of benzene rings is 11. The molecular weight excluding hydrogens is 713 g/mol. The molecule has 59 heavy (non-hydrogen) atoms. The maximum Gasteiger partial charge on any atom is 0.136 e. The third-order valence-electron chi connectivity index (χ3n) is 12.2. The van der Waals surface area contributed by atoms with Crippen LogP contribution in [0.3, 0.4) is 0 Å². The second-order valence-corrected chi connectivity index (χ2v) is 15.6. The normalized spacial score (nSPS) is 11.7. The van der Waals surface area contributed by atoms with Crippen molar-refractivity contribution < 1.29 is 4.42 Å². The van der Waals surface area contributed by atoms with E-state index in [2.05, 4.69) is 218 Å². The molecule has 12 rings (SSSR count). The third kappa shape index (κ3) is 5.55. The van der Waals surface area contributed by atoms with Gasteiger partial charge in [-0.1, -0.05) is 182 Å². The quantitative estimate of drug-likeness (QED) is 0.160. The first kappa shape index (κ1) is 33.4. The fraction of sp³-hybridized carbons (Fsp3) is 0. The Hall–Kier alpha value is -7.74. The van der Waals surface area contributed by atoms with Crippen LogP contribution in [0.4, 0.5) is 0 Å². The van der Waals surface area contributed by atoms with Crippen molar-refractivity contribution in [3.63, 3.8) is 0 Å². The number of hydrogen-bond donors (Lipinski definition) is 0. The van der Waals surface area contributed by atoms with Crippen LogP contribution in [-0.2, 0) is 0 Å². The summed E-state index contributed by atoms with van der Waals surface area (Å²) in [5, 5.41) is 12.3. The molecule has 11 aromatic carbocycles. The second-order valence-electron chi connectivity index (χ2n) is 15.6. The average Bonchev–Trinajstić information content (AvgIpc) is 3.68. The van der Waals surface area contributed by atoms with E-state index in [0.29, 0.717) is 0 Å². The summed E-state index contributed by atoms with van der Waals surface area (Å²) in [6.07, 6.45) is 0. The molecule has 1 aromatic heterocycles. The molecule has 0 aliphatic carbocycles. The van der Waals surface area contributed by atoms with Crippen LogP contribution in [0.5, 0.6) is 0 Å². The summed E-state index contributed by atoms with van der Waals surface area (Å²) in [6.45, 7) is 0. The molecule has 0 spiro atoms. The van der Waals surface area contributed by atoms with E-state index in [9.17, 15) is 0 Å². The first-order chi connectivity index (χ1) is 29.2. The van der Waals surface area contributed by atoms with Crippen LogP contribution in [-0.4, -0.2) is 0 Å². The van der Waals surface area contributed by atoms with Crippen molar-refractivity contribution in [2.24, 2.45) is 0 Å². The summed E-state index contributed by atoms with van der Waals surface area (Å²) in [6, 6.07) is 79.5. The summed E-state index contributed by atoms with van der Waals surface area (Å²) in [5.41, 5.74) is 14.0. The minimum Gasteiger partial charge on any atom is -0.456 e. The lowest BCUT2D eigenvalue weighted by molar-refractivity contribution is 0.669. The minimum absolute atomic E-state index is 0.897. The van der Waals surface area contributed by atoms with Crippen molar-refractivity contribution in [3.05, 3.63) is 218 Å². The van der Waals surface area contributed by atoms with Gasteiger partial charge < -0.3 is 4.42 Å². The lowest BCUT2D eigenvalue weighted by Gasteiger charge is -2.19. The average molecular weight is 749 g/mol. The highest BCUT2D eigenvalue weighted by Gasteiger charge is 2.18. The van der Waals surface area contributed by atoms with Crippen LogP contribution in [0, 0.1) is 0 Å². The molecule has 12 aromatic rings. The Labute approximate surface area is 342 Å². The van der Waals surface area contributed by atoms with Crippen molar-refractivity contribution in [2.45, 2.75) is 0 Å². The molecule has 0 saturated heterocycles. The third-order valence-corrected chi connectivity index (χ3v) is 12.2. The van der Waals surface area contributed by atoms with Gasteiger partial charge in [-0.3, -0.25) is 0 Å². The predicted molar refractivity (Wildman–Crippen MR) is 251 cm³/mol. The molecule has 1 heterocycles. The highest BCUT2D eigenvalue weighted by molar-refractivity contribution is 6.23. The van der Waals surface area contributed by atoms with Gasteiger partial charge in [-0.15, -0.1) is 0 Å². The smallest absolute Gasteiger partial charge is 0.136 e. The lowest BCUT2D eigenvalue weighted by Crippen LogP contribution is -1.91. The van der Waals surface area contributed by atoms with Gasteiger partial charge >= 0.3 is 0 Å². The van der Waals surface area contributed by atoms with Crippen LogP contribution in [0.1, 0.15) is 0 Å². The SMILES string of the molecule is c1ccc(-c2ccc3cc(-c4ccc5c(c4)oc4ccc(-c6ccc(-c7c8ccccc8c(-c8cccc9ccccc89)c8ccccc78)cc6)cc45)ccc3c2)cc1. The van der Waals surface area contributed by atoms with Gasteiger partial charge in [0.1, 0.15) is 11.2 Å². The van der Waals surface area contributed by atoms with Crippen molar-refractivity contribution >= 4 is 65.0 Å². The zero-order chi connectivity index (χ0) is 38.9. The Morgan fingerprint density at radius 1 is 0.220 bits per heavy atom. The molecular formula is C58H36O. The molecule has 0 fully saturated rings. The van der Waals surface area contributed by atoms with E-state index in [1.165, 1.54) is 93.2 Å². The topological polar surface area (TPSA) is 13.1 Å². The number of rotatable bonds is 5. The molecule has 0 radical (unpaired) electrons. The molecule has 1 nitrogen and oxygen atoms in total. The van der Waals surface area contributed by atoms with Crippen LogP contribution in [0.15, 0.2) is 223 Å². The molecule has 0 amide bonds. The summed E-state index contributed by atoms with van der Waals surface area (Å²) in [5.74, 6) is 0. The number of hydrogen-bond acceptors (Lipinski definition) is 1. The highest BCUT2D eigenvalue weighted by atomic mass is 16.3. The van der Waals surface area contributed by atoms with Gasteiger partial charge in [0, 0.05) is 10.8 Å². The fourth-order valence-electron chi connectivity index (χ4n) is 9.37. The Morgan fingerprint density at radius 2 is 0.712 bits per heavy atom. The number of fused-ring (bicyclic) bond motifs is 7. The van der Waals surface area contributed by atoms with Gasteiger partial charge in [0.05, 0.1) is 0 Å². The standard InChI is InChI=1S/C58H36O/c1-2-11-37(12-3-1)41-25-26-43-34-44(28-27-42(43)33-41)46-29-31-48-54-35-45(30-32-55(54)59-56(48)36-46)38-21-23-40(24-22-38)57-50-16-6-8-18-52(50)58(53-19-9-7-17-51(53)57)49-20-10-14-39-13-4-5-15-47(39)49/h1-36H. The molecule has 274 valence electrons. The zero-order valence-corrected chi connectivity index (χ0v) is 32.2. The zero-order valence-electron chi connectivity index (χ0n) is 32.2. The first-order valence-electron chi connectivity index (χ1n) is 20.3.